The first-order valence-corrected chi connectivity index (χ1v) is 7.62. The fourth-order valence-electron chi connectivity index (χ4n) is 2.04. The third kappa shape index (κ3) is 15.5. The Morgan fingerprint density at radius 2 is 1.17 bits per heavy atom. The highest BCUT2D eigenvalue weighted by Gasteiger charge is 1.92. The smallest absolute Gasteiger partial charge is 0.217 e. The van der Waals surface area contributed by atoms with Crippen LogP contribution in [0, 0.1) is 11.8 Å². The van der Waals surface area contributed by atoms with E-state index in [1.807, 2.05) is 0 Å². The van der Waals surface area contributed by atoms with E-state index in [9.17, 15) is 0 Å². The molecule has 18 heavy (non-hydrogen) atoms. The van der Waals surface area contributed by atoms with Crippen LogP contribution in [0.2, 0.25) is 0 Å². The first-order valence-electron chi connectivity index (χ1n) is 7.62. The van der Waals surface area contributed by atoms with Gasteiger partial charge in [-0.25, -0.2) is 0 Å². The monoisotopic (exact) mass is 254 g/mol. The number of hydrogen-bond acceptors (Lipinski definition) is 2. The predicted octanol–water partition coefficient (Wildman–Crippen LogP) is 4.00. The van der Waals surface area contributed by atoms with Crippen molar-refractivity contribution in [1.82, 2.24) is 0 Å². The van der Waals surface area contributed by atoms with Gasteiger partial charge in [-0.1, -0.05) is 77.1 Å². The molecule has 2 N–H and O–H groups in total. The van der Waals surface area contributed by atoms with Crippen LogP contribution in [0.25, 0.3) is 0 Å². The molecule has 0 unspecified atom stereocenters. The lowest BCUT2D eigenvalue weighted by Gasteiger charge is -2.01. The molecule has 0 aliphatic heterocycles. The summed E-state index contributed by atoms with van der Waals surface area (Å²) in [5.41, 5.74) is 0. The van der Waals surface area contributed by atoms with Crippen molar-refractivity contribution >= 4 is 0 Å². The van der Waals surface area contributed by atoms with E-state index >= 15 is 0 Å². The van der Waals surface area contributed by atoms with E-state index in [1.165, 1.54) is 64.2 Å². The molecule has 0 spiro atoms. The van der Waals surface area contributed by atoms with Crippen LogP contribution in [0.15, 0.2) is 0 Å². The summed E-state index contributed by atoms with van der Waals surface area (Å²) >= 11 is 0. The second-order valence-corrected chi connectivity index (χ2v) is 4.98. The zero-order chi connectivity index (χ0) is 13.5. The molecule has 0 aromatic carbocycles. The molecule has 0 heterocycles. The van der Waals surface area contributed by atoms with E-state index in [-0.39, 0.29) is 0 Å². The highest BCUT2D eigenvalue weighted by atomic mass is 16.5. The molecule has 0 rings (SSSR count). The zero-order valence-electron chi connectivity index (χ0n) is 12.0. The van der Waals surface area contributed by atoms with Crippen LogP contribution in [0.4, 0.5) is 0 Å². The first kappa shape index (κ1) is 17.5. The van der Waals surface area contributed by atoms with E-state index in [0.29, 0.717) is 0 Å². The Balaban J connectivity index is 3.02. The molecule has 0 aliphatic rings. The maximum Gasteiger partial charge on any atom is 0.217 e. The number of aliphatic hydroxyl groups is 2. The molecule has 0 aromatic heterocycles. The molecule has 0 bridgehead atoms. The minimum atomic E-state index is -1.46. The molecule has 0 aliphatic carbocycles. The van der Waals surface area contributed by atoms with Gasteiger partial charge in [-0.2, -0.15) is 0 Å². The van der Waals surface area contributed by atoms with Gasteiger partial charge in [0.05, 0.1) is 0 Å². The minimum Gasteiger partial charge on any atom is -0.358 e. The SMILES string of the molecule is CCCCCCCCCCCCCC#CC(O)O. The summed E-state index contributed by atoms with van der Waals surface area (Å²) in [6, 6.07) is 0. The first-order chi connectivity index (χ1) is 8.77. The van der Waals surface area contributed by atoms with E-state index in [1.54, 1.807) is 0 Å². The summed E-state index contributed by atoms with van der Waals surface area (Å²) < 4.78 is 0. The molecule has 2 heteroatoms. The lowest BCUT2D eigenvalue weighted by molar-refractivity contribution is 0.0107. The Kier molecular flexibility index (Phi) is 14.1. The minimum absolute atomic E-state index is 0.786. The number of rotatable bonds is 11. The van der Waals surface area contributed by atoms with Crippen molar-refractivity contribution < 1.29 is 10.2 Å². The molecular formula is C16H30O2. The Labute approximate surface area is 113 Å². The Bertz CT molecular complexity index is 213. The molecule has 0 fully saturated rings. The highest BCUT2D eigenvalue weighted by Crippen LogP contribution is 2.11. The van der Waals surface area contributed by atoms with Crippen molar-refractivity contribution in [2.45, 2.75) is 90.3 Å². The average Bonchev–Trinajstić information content (AvgIpc) is 2.34. The fourth-order valence-corrected chi connectivity index (χ4v) is 2.04. The van der Waals surface area contributed by atoms with Crippen LogP contribution in [-0.4, -0.2) is 16.5 Å². The maximum atomic E-state index is 8.51. The van der Waals surface area contributed by atoms with Gasteiger partial charge >= 0.3 is 0 Å². The molecular weight excluding hydrogens is 224 g/mol. The van der Waals surface area contributed by atoms with Gasteiger partial charge in [0.15, 0.2) is 0 Å². The van der Waals surface area contributed by atoms with Crippen molar-refractivity contribution in [1.29, 1.82) is 0 Å². The quantitative estimate of drug-likeness (QED) is 0.332. The lowest BCUT2D eigenvalue weighted by atomic mass is 10.1. The van der Waals surface area contributed by atoms with Crippen molar-refractivity contribution in [2.75, 3.05) is 0 Å². The number of aliphatic hydroxyl groups excluding tert-OH is 1. The van der Waals surface area contributed by atoms with E-state index < -0.39 is 6.29 Å². The summed E-state index contributed by atoms with van der Waals surface area (Å²) in [4.78, 5) is 0. The van der Waals surface area contributed by atoms with E-state index in [0.717, 1.165) is 12.8 Å². The number of hydrogen-bond donors (Lipinski definition) is 2. The van der Waals surface area contributed by atoms with Gasteiger partial charge in [0.2, 0.25) is 6.29 Å². The van der Waals surface area contributed by atoms with Crippen molar-refractivity contribution in [2.24, 2.45) is 0 Å². The van der Waals surface area contributed by atoms with E-state index in [4.69, 9.17) is 10.2 Å². The third-order valence-corrected chi connectivity index (χ3v) is 3.14. The van der Waals surface area contributed by atoms with Gasteiger partial charge in [-0.05, 0) is 12.3 Å². The summed E-state index contributed by atoms with van der Waals surface area (Å²) in [6.45, 7) is 2.26. The molecule has 0 amide bonds. The van der Waals surface area contributed by atoms with Gasteiger partial charge in [0, 0.05) is 6.42 Å². The van der Waals surface area contributed by atoms with Crippen LogP contribution in [0.5, 0.6) is 0 Å². The largest absolute Gasteiger partial charge is 0.358 e. The van der Waals surface area contributed by atoms with Crippen LogP contribution >= 0.6 is 0 Å². The summed E-state index contributed by atoms with van der Waals surface area (Å²) in [5, 5.41) is 17.0. The van der Waals surface area contributed by atoms with Crippen LogP contribution in [-0.2, 0) is 0 Å². The maximum absolute atomic E-state index is 8.51. The van der Waals surface area contributed by atoms with Gasteiger partial charge in [0.25, 0.3) is 0 Å². The second-order valence-electron chi connectivity index (χ2n) is 4.98. The molecule has 0 saturated heterocycles. The summed E-state index contributed by atoms with van der Waals surface area (Å²) in [5.74, 6) is 5.11. The Morgan fingerprint density at radius 3 is 1.61 bits per heavy atom. The van der Waals surface area contributed by atoms with Crippen molar-refractivity contribution in [3.63, 3.8) is 0 Å². The molecule has 2 nitrogen and oxygen atoms in total. The van der Waals surface area contributed by atoms with Gasteiger partial charge in [-0.3, -0.25) is 0 Å². The van der Waals surface area contributed by atoms with Crippen LogP contribution < -0.4 is 0 Å². The zero-order valence-corrected chi connectivity index (χ0v) is 12.0. The number of unbranched alkanes of at least 4 members (excludes halogenated alkanes) is 11. The van der Waals surface area contributed by atoms with Crippen molar-refractivity contribution in [3.05, 3.63) is 0 Å². The fraction of sp³-hybridized carbons (Fsp3) is 0.875. The highest BCUT2D eigenvalue weighted by molar-refractivity contribution is 5.00. The summed E-state index contributed by atoms with van der Waals surface area (Å²) in [7, 11) is 0. The molecule has 106 valence electrons. The Morgan fingerprint density at radius 1 is 0.722 bits per heavy atom. The summed E-state index contributed by atoms with van der Waals surface area (Å²) in [6.07, 6.45) is 13.9. The normalized spacial score (nSPS) is 10.4. The molecule has 0 radical (unpaired) electrons. The Hall–Kier alpha value is -0.520. The molecule has 0 aromatic rings. The molecule has 0 saturated carbocycles. The lowest BCUT2D eigenvalue weighted by Crippen LogP contribution is -1.97. The van der Waals surface area contributed by atoms with E-state index in [2.05, 4.69) is 18.8 Å². The van der Waals surface area contributed by atoms with Crippen molar-refractivity contribution in [3.8, 4) is 11.8 Å². The third-order valence-electron chi connectivity index (χ3n) is 3.14. The predicted molar refractivity (Wildman–Crippen MR) is 77.1 cm³/mol. The second kappa shape index (κ2) is 14.5. The molecule has 0 atom stereocenters. The van der Waals surface area contributed by atoms with Gasteiger partial charge in [0.1, 0.15) is 0 Å². The van der Waals surface area contributed by atoms with Gasteiger partial charge in [-0.15, -0.1) is 0 Å². The van der Waals surface area contributed by atoms with Gasteiger partial charge < -0.3 is 10.2 Å². The van der Waals surface area contributed by atoms with Crippen LogP contribution in [0.3, 0.4) is 0 Å². The topological polar surface area (TPSA) is 40.5 Å². The van der Waals surface area contributed by atoms with Crippen LogP contribution in [0.1, 0.15) is 84.0 Å². The standard InChI is InChI=1S/C16H30O2/c1-2-3-4-5-6-7-8-9-10-11-12-13-14-15-16(17)18/h16-18H,2-13H2,1H3. The average molecular weight is 254 g/mol.